The summed E-state index contributed by atoms with van der Waals surface area (Å²) in [5.74, 6) is -0.0182. The molecular weight excluding hydrogens is 253 g/mol. The minimum Gasteiger partial charge on any atom is -0.306 e. The molecule has 0 atom stereocenters. The first-order valence-corrected chi connectivity index (χ1v) is 5.53. The molecule has 0 unspecified atom stereocenters. The predicted octanol–water partition coefficient (Wildman–Crippen LogP) is 1.15. The molecule has 2 aromatic rings. The Balaban J connectivity index is 1.97. The predicted molar refractivity (Wildman–Crippen MR) is 64.6 cm³/mol. The van der Waals surface area contributed by atoms with Gasteiger partial charge in [-0.15, -0.1) is 0 Å². The third-order valence-corrected chi connectivity index (χ3v) is 2.41. The van der Waals surface area contributed by atoms with Crippen LogP contribution in [-0.2, 0) is 20.1 Å². The van der Waals surface area contributed by atoms with Crippen molar-refractivity contribution < 1.29 is 9.31 Å². The van der Waals surface area contributed by atoms with E-state index < -0.39 is 10.7 Å². The van der Waals surface area contributed by atoms with Crippen LogP contribution in [0.2, 0.25) is 0 Å². The largest absolute Gasteiger partial charge is 0.306 e. The van der Waals surface area contributed by atoms with Gasteiger partial charge in [-0.3, -0.25) is 14.8 Å². The third kappa shape index (κ3) is 3.55. The molecule has 1 aromatic carbocycles. The number of nitrogens with one attached hydrogen (secondary N) is 1. The highest BCUT2D eigenvalue weighted by molar-refractivity contribution is 5.35. The molecule has 0 spiro atoms. The summed E-state index contributed by atoms with van der Waals surface area (Å²) in [4.78, 5) is 14.0. The van der Waals surface area contributed by atoms with Crippen molar-refractivity contribution in [1.29, 1.82) is 0 Å². The Morgan fingerprint density at radius 1 is 1.42 bits per heavy atom. The lowest BCUT2D eigenvalue weighted by Crippen LogP contribution is -2.14. The number of nitro groups is 1. The van der Waals surface area contributed by atoms with E-state index in [9.17, 15) is 14.5 Å². The molecule has 19 heavy (non-hydrogen) atoms. The van der Waals surface area contributed by atoms with Crippen molar-refractivity contribution in [1.82, 2.24) is 20.1 Å². The van der Waals surface area contributed by atoms with Crippen molar-refractivity contribution in [3.63, 3.8) is 0 Å². The molecule has 0 fully saturated rings. The maximum Gasteiger partial charge on any atom is 0.272 e. The van der Waals surface area contributed by atoms with Crippen molar-refractivity contribution in [3.05, 3.63) is 51.8 Å². The molecule has 1 aromatic heterocycles. The third-order valence-electron chi connectivity index (χ3n) is 2.41. The van der Waals surface area contributed by atoms with E-state index in [4.69, 9.17) is 0 Å². The molecule has 8 heteroatoms. The molecule has 1 heterocycles. The molecule has 1 N–H and O–H groups in total. The Kier molecular flexibility index (Phi) is 3.81. The van der Waals surface area contributed by atoms with Gasteiger partial charge in [0.15, 0.2) is 5.82 Å². The zero-order chi connectivity index (χ0) is 13.8. The molecule has 0 aliphatic heterocycles. The highest BCUT2D eigenvalue weighted by Crippen LogP contribution is 2.16. The lowest BCUT2D eigenvalue weighted by Gasteiger charge is -2.03. The minimum atomic E-state index is -0.623. The second-order valence-corrected chi connectivity index (χ2v) is 4.01. The molecule has 100 valence electrons. The van der Waals surface area contributed by atoms with Gasteiger partial charge in [-0.25, -0.2) is 9.37 Å². The molecule has 2 rings (SSSR count). The number of nitro benzene ring substituents is 1. The first-order chi connectivity index (χ1) is 9.04. The van der Waals surface area contributed by atoms with Gasteiger partial charge in [0.25, 0.3) is 5.69 Å². The Morgan fingerprint density at radius 2 is 2.21 bits per heavy atom. The highest BCUT2D eigenvalue weighted by Gasteiger charge is 2.09. The normalized spacial score (nSPS) is 10.6. The van der Waals surface area contributed by atoms with Crippen molar-refractivity contribution in [3.8, 4) is 0 Å². The van der Waals surface area contributed by atoms with E-state index in [0.29, 0.717) is 24.5 Å². The van der Waals surface area contributed by atoms with Crippen LogP contribution >= 0.6 is 0 Å². The van der Waals surface area contributed by atoms with Crippen molar-refractivity contribution >= 4 is 5.69 Å². The number of hydrogen-bond donors (Lipinski definition) is 1. The number of halogens is 1. The molecule has 0 saturated carbocycles. The number of rotatable bonds is 5. The standard InChI is InChI=1S/C11H12FN5O2/c1-16-7-14-11(15-16)6-13-5-8-2-9(12)4-10(3-8)17(18)19/h2-4,7,13H,5-6H2,1H3. The Bertz CT molecular complexity index is 599. The Hall–Kier alpha value is -2.35. The van der Waals surface area contributed by atoms with E-state index in [1.165, 1.54) is 12.1 Å². The fourth-order valence-electron chi connectivity index (χ4n) is 1.62. The van der Waals surface area contributed by atoms with E-state index in [0.717, 1.165) is 6.07 Å². The van der Waals surface area contributed by atoms with E-state index >= 15 is 0 Å². The van der Waals surface area contributed by atoms with Crippen LogP contribution in [0, 0.1) is 15.9 Å². The van der Waals surface area contributed by atoms with Gasteiger partial charge in [0, 0.05) is 19.7 Å². The summed E-state index contributed by atoms with van der Waals surface area (Å²) in [5, 5.41) is 17.7. The fraction of sp³-hybridized carbons (Fsp3) is 0.273. The Labute approximate surface area is 108 Å². The van der Waals surface area contributed by atoms with Crippen LogP contribution in [0.1, 0.15) is 11.4 Å². The molecule has 0 radical (unpaired) electrons. The molecule has 0 amide bonds. The number of non-ortho nitro benzene ring substituents is 1. The zero-order valence-corrected chi connectivity index (χ0v) is 10.2. The molecule has 0 bridgehead atoms. The monoisotopic (exact) mass is 265 g/mol. The average molecular weight is 265 g/mol. The number of aryl methyl sites for hydroxylation is 1. The van der Waals surface area contributed by atoms with Crippen molar-refractivity contribution in [2.45, 2.75) is 13.1 Å². The lowest BCUT2D eigenvalue weighted by molar-refractivity contribution is -0.385. The van der Waals surface area contributed by atoms with Crippen molar-refractivity contribution in [2.75, 3.05) is 0 Å². The van der Waals surface area contributed by atoms with Gasteiger partial charge in [0.2, 0.25) is 0 Å². The molecule has 7 nitrogen and oxygen atoms in total. The molecule has 0 aliphatic rings. The SMILES string of the molecule is Cn1cnc(CNCc2cc(F)cc([N+](=O)[O-])c2)n1. The Morgan fingerprint density at radius 3 is 2.84 bits per heavy atom. The van der Waals surface area contributed by atoms with Crippen molar-refractivity contribution in [2.24, 2.45) is 7.05 Å². The van der Waals surface area contributed by atoms with Crippen LogP contribution in [-0.4, -0.2) is 19.7 Å². The summed E-state index contributed by atoms with van der Waals surface area (Å²) in [6, 6.07) is 3.48. The maximum atomic E-state index is 13.2. The summed E-state index contributed by atoms with van der Waals surface area (Å²) in [6.07, 6.45) is 1.57. The number of nitrogens with zero attached hydrogens (tertiary/aromatic N) is 4. The summed E-state index contributed by atoms with van der Waals surface area (Å²) in [7, 11) is 1.76. The minimum absolute atomic E-state index is 0.257. The van der Waals surface area contributed by atoms with Crippen LogP contribution in [0.25, 0.3) is 0 Å². The molecular formula is C11H12FN5O2. The second-order valence-electron chi connectivity index (χ2n) is 4.01. The van der Waals surface area contributed by atoms with Gasteiger partial charge < -0.3 is 5.32 Å². The first-order valence-electron chi connectivity index (χ1n) is 5.53. The summed E-state index contributed by atoms with van der Waals surface area (Å²) in [5.41, 5.74) is 0.246. The van der Waals surface area contributed by atoms with E-state index in [-0.39, 0.29) is 5.69 Å². The van der Waals surface area contributed by atoms with Gasteiger partial charge >= 0.3 is 0 Å². The van der Waals surface area contributed by atoms with Gasteiger partial charge in [-0.05, 0) is 11.6 Å². The summed E-state index contributed by atoms with van der Waals surface area (Å²) >= 11 is 0. The van der Waals surface area contributed by atoms with Crippen LogP contribution < -0.4 is 5.32 Å². The summed E-state index contributed by atoms with van der Waals surface area (Å²) < 4.78 is 14.8. The molecule has 0 saturated heterocycles. The fourth-order valence-corrected chi connectivity index (χ4v) is 1.62. The number of hydrogen-bond acceptors (Lipinski definition) is 5. The van der Waals surface area contributed by atoms with Gasteiger partial charge in [-0.1, -0.05) is 0 Å². The first kappa shape index (κ1) is 13.1. The number of benzene rings is 1. The van der Waals surface area contributed by atoms with E-state index in [1.807, 2.05) is 0 Å². The quantitative estimate of drug-likeness (QED) is 0.647. The maximum absolute atomic E-state index is 13.2. The number of aromatic nitrogens is 3. The molecule has 0 aliphatic carbocycles. The average Bonchev–Trinajstić information content (AvgIpc) is 2.74. The van der Waals surface area contributed by atoms with Crippen LogP contribution in [0.15, 0.2) is 24.5 Å². The van der Waals surface area contributed by atoms with E-state index in [1.54, 1.807) is 18.1 Å². The summed E-state index contributed by atoms with van der Waals surface area (Å²) in [6.45, 7) is 0.710. The van der Waals surface area contributed by atoms with Crippen LogP contribution in [0.4, 0.5) is 10.1 Å². The smallest absolute Gasteiger partial charge is 0.272 e. The van der Waals surface area contributed by atoms with Gasteiger partial charge in [-0.2, -0.15) is 5.10 Å². The highest BCUT2D eigenvalue weighted by atomic mass is 19.1. The zero-order valence-electron chi connectivity index (χ0n) is 10.2. The van der Waals surface area contributed by atoms with E-state index in [2.05, 4.69) is 15.4 Å². The van der Waals surface area contributed by atoms with Gasteiger partial charge in [0.05, 0.1) is 17.5 Å². The lowest BCUT2D eigenvalue weighted by atomic mass is 10.2. The second kappa shape index (κ2) is 5.53. The van der Waals surface area contributed by atoms with Gasteiger partial charge in [0.1, 0.15) is 12.1 Å². The van der Waals surface area contributed by atoms with Crippen LogP contribution in [0.3, 0.4) is 0 Å². The van der Waals surface area contributed by atoms with Crippen LogP contribution in [0.5, 0.6) is 0 Å². The topological polar surface area (TPSA) is 85.9 Å².